The van der Waals surface area contributed by atoms with E-state index in [1.807, 2.05) is 25.1 Å². The Morgan fingerprint density at radius 1 is 0.741 bits per heavy atom. The molecule has 0 atom stereocenters. The summed E-state index contributed by atoms with van der Waals surface area (Å²) >= 11 is 0. The molecule has 1 fully saturated rings. The van der Waals surface area contributed by atoms with E-state index in [9.17, 15) is 19.2 Å². The summed E-state index contributed by atoms with van der Waals surface area (Å²) in [5.74, 6) is -2.01. The summed E-state index contributed by atoms with van der Waals surface area (Å²) in [6.45, 7) is 14.6. The minimum atomic E-state index is -0.879. The van der Waals surface area contributed by atoms with Crippen molar-refractivity contribution in [2.75, 3.05) is 27.4 Å². The number of carbonyl (C=O) groups is 4. The fraction of sp³-hybridized carbons (Fsp3) is 0.511. The fourth-order valence-electron chi connectivity index (χ4n) is 7.20. The van der Waals surface area contributed by atoms with Crippen LogP contribution in [0.1, 0.15) is 120 Å². The molecule has 3 rings (SSSR count). The van der Waals surface area contributed by atoms with Gasteiger partial charge >= 0.3 is 23.9 Å². The van der Waals surface area contributed by atoms with Gasteiger partial charge in [0.15, 0.2) is 0 Å². The molecule has 0 N–H and O–H groups in total. The first-order valence-electron chi connectivity index (χ1n) is 19.3. The summed E-state index contributed by atoms with van der Waals surface area (Å²) in [5, 5.41) is 0. The first-order chi connectivity index (χ1) is 25.8. The van der Waals surface area contributed by atoms with Crippen LogP contribution in [0, 0.1) is 11.7 Å². The highest BCUT2D eigenvalue weighted by atomic mass is 19.1. The lowest BCUT2D eigenvalue weighted by molar-refractivity contribution is -0.144. The standard InChI is InChI=1S/C45H59FO8/c1-9-11-12-14-31-16-18-33(19-17-31)35-20-21-38(40(46)28-35)39-27-34(15-13-23-53-42(47)29(3)4)37(25-32(39)10-2)26-36(22-24-54-43(48)30(5)6)41(44(49)51-7)45(50)52-8/h20-21,25,27-28,31,33H,3,5,9-19,22-24,26H2,1-2,4,6-8H3. The molecule has 0 aromatic heterocycles. The van der Waals surface area contributed by atoms with E-state index in [0.29, 0.717) is 41.9 Å². The molecule has 2 aromatic carbocycles. The van der Waals surface area contributed by atoms with Gasteiger partial charge in [-0.25, -0.2) is 23.6 Å². The number of rotatable bonds is 20. The van der Waals surface area contributed by atoms with Crippen LogP contribution in [-0.2, 0) is 57.4 Å². The highest BCUT2D eigenvalue weighted by Gasteiger charge is 2.27. The van der Waals surface area contributed by atoms with Crippen molar-refractivity contribution in [2.45, 2.75) is 117 Å². The molecule has 294 valence electrons. The van der Waals surface area contributed by atoms with E-state index >= 15 is 4.39 Å². The summed E-state index contributed by atoms with van der Waals surface area (Å²) < 4.78 is 36.8. The quantitative estimate of drug-likeness (QED) is 0.0330. The van der Waals surface area contributed by atoms with E-state index in [4.69, 9.17) is 18.9 Å². The summed E-state index contributed by atoms with van der Waals surface area (Å²) in [4.78, 5) is 50.2. The molecule has 9 heteroatoms. The van der Waals surface area contributed by atoms with Gasteiger partial charge in [-0.2, -0.15) is 0 Å². The average Bonchev–Trinajstić information content (AvgIpc) is 3.16. The average molecular weight is 747 g/mol. The van der Waals surface area contributed by atoms with Crippen molar-refractivity contribution in [3.05, 3.63) is 93.9 Å². The Balaban J connectivity index is 2.05. The lowest BCUT2D eigenvalue weighted by atomic mass is 9.76. The Bertz CT molecular complexity index is 1680. The molecule has 1 aliphatic carbocycles. The molecule has 54 heavy (non-hydrogen) atoms. The lowest BCUT2D eigenvalue weighted by Gasteiger charge is -2.29. The van der Waals surface area contributed by atoms with Crippen LogP contribution in [0.25, 0.3) is 11.1 Å². The number of benzene rings is 2. The molecule has 1 saturated carbocycles. The molecule has 0 spiro atoms. The molecule has 0 unspecified atom stereocenters. The summed E-state index contributed by atoms with van der Waals surface area (Å²) in [6.07, 6.45) is 11.2. The van der Waals surface area contributed by atoms with Crippen LogP contribution >= 0.6 is 0 Å². The molecule has 1 aliphatic rings. The predicted molar refractivity (Wildman–Crippen MR) is 209 cm³/mol. The molecule has 8 nitrogen and oxygen atoms in total. The van der Waals surface area contributed by atoms with Gasteiger partial charge in [-0.05, 0) is 117 Å². The highest BCUT2D eigenvalue weighted by Crippen LogP contribution is 2.40. The van der Waals surface area contributed by atoms with Gasteiger partial charge in [-0.1, -0.05) is 77.0 Å². The smallest absolute Gasteiger partial charge is 0.345 e. The molecular formula is C45H59FO8. The maximum atomic E-state index is 16.2. The van der Waals surface area contributed by atoms with E-state index in [-0.39, 0.29) is 43.0 Å². The normalized spacial score (nSPS) is 15.2. The van der Waals surface area contributed by atoms with E-state index in [1.54, 1.807) is 13.0 Å². The minimum Gasteiger partial charge on any atom is -0.465 e. The van der Waals surface area contributed by atoms with Crippen LogP contribution in [0.15, 0.2) is 65.8 Å². The Hall–Kier alpha value is -4.53. The third-order valence-electron chi connectivity index (χ3n) is 10.3. The van der Waals surface area contributed by atoms with E-state index in [1.165, 1.54) is 59.7 Å². The lowest BCUT2D eigenvalue weighted by Crippen LogP contribution is -2.20. The SMILES string of the molecule is C=C(C)C(=O)OCCCc1cc(-c2ccc(C3CCC(CCCCC)CC3)cc2F)c(CC)cc1CC(CCOC(=O)C(=C)C)=C(C(=O)OC)C(=O)OC. The van der Waals surface area contributed by atoms with Gasteiger partial charge < -0.3 is 18.9 Å². The molecule has 0 bridgehead atoms. The molecule has 0 saturated heterocycles. The number of ether oxygens (including phenoxy) is 4. The van der Waals surface area contributed by atoms with Crippen LogP contribution in [0.4, 0.5) is 4.39 Å². The van der Waals surface area contributed by atoms with Crippen LogP contribution in [0.5, 0.6) is 0 Å². The van der Waals surface area contributed by atoms with Crippen molar-refractivity contribution >= 4 is 23.9 Å². The van der Waals surface area contributed by atoms with Gasteiger partial charge in [0.2, 0.25) is 0 Å². The molecule has 2 aromatic rings. The molecular weight excluding hydrogens is 687 g/mol. The van der Waals surface area contributed by atoms with Crippen molar-refractivity contribution in [2.24, 2.45) is 5.92 Å². The van der Waals surface area contributed by atoms with Gasteiger partial charge in [0.05, 0.1) is 27.4 Å². The maximum absolute atomic E-state index is 16.2. The second kappa shape index (κ2) is 22.0. The number of aryl methyl sites for hydroxylation is 2. The van der Waals surface area contributed by atoms with Gasteiger partial charge in [-0.15, -0.1) is 0 Å². The second-order valence-electron chi connectivity index (χ2n) is 14.4. The third kappa shape index (κ3) is 12.5. The van der Waals surface area contributed by atoms with Gasteiger partial charge in [0.25, 0.3) is 0 Å². The maximum Gasteiger partial charge on any atom is 0.345 e. The number of esters is 4. The topological polar surface area (TPSA) is 105 Å². The van der Waals surface area contributed by atoms with E-state index in [0.717, 1.165) is 46.6 Å². The van der Waals surface area contributed by atoms with Crippen molar-refractivity contribution in [1.82, 2.24) is 0 Å². The van der Waals surface area contributed by atoms with Crippen LogP contribution in [0.3, 0.4) is 0 Å². The molecule has 0 aliphatic heterocycles. The third-order valence-corrected chi connectivity index (χ3v) is 10.3. The number of unbranched alkanes of at least 4 members (excludes halogenated alkanes) is 2. The van der Waals surface area contributed by atoms with Crippen LogP contribution in [0.2, 0.25) is 0 Å². The molecule has 0 radical (unpaired) electrons. The summed E-state index contributed by atoms with van der Waals surface area (Å²) in [5.41, 5.74) is 5.35. The van der Waals surface area contributed by atoms with Gasteiger partial charge in [0, 0.05) is 23.1 Å². The summed E-state index contributed by atoms with van der Waals surface area (Å²) in [6, 6.07) is 9.59. The Morgan fingerprint density at radius 2 is 1.37 bits per heavy atom. The Kier molecular flexibility index (Phi) is 17.9. The first kappa shape index (κ1) is 43.9. The van der Waals surface area contributed by atoms with E-state index in [2.05, 4.69) is 26.1 Å². The van der Waals surface area contributed by atoms with E-state index < -0.39 is 23.9 Å². The zero-order valence-corrected chi connectivity index (χ0v) is 33.2. The van der Waals surface area contributed by atoms with Crippen LogP contribution in [-0.4, -0.2) is 51.3 Å². The highest BCUT2D eigenvalue weighted by molar-refractivity contribution is 6.14. The first-order valence-corrected chi connectivity index (χ1v) is 19.3. The number of carbonyl (C=O) groups excluding carboxylic acids is 4. The van der Waals surface area contributed by atoms with Crippen molar-refractivity contribution in [3.63, 3.8) is 0 Å². The molecule has 0 amide bonds. The zero-order chi connectivity index (χ0) is 39.8. The van der Waals surface area contributed by atoms with Crippen molar-refractivity contribution < 1.29 is 42.5 Å². The van der Waals surface area contributed by atoms with Crippen molar-refractivity contribution in [1.29, 1.82) is 0 Å². The van der Waals surface area contributed by atoms with Crippen LogP contribution < -0.4 is 0 Å². The van der Waals surface area contributed by atoms with Crippen molar-refractivity contribution in [3.8, 4) is 11.1 Å². The Labute approximate surface area is 321 Å². The number of hydrogen-bond donors (Lipinski definition) is 0. The molecule has 0 heterocycles. The number of hydrogen-bond acceptors (Lipinski definition) is 8. The van der Waals surface area contributed by atoms with Gasteiger partial charge in [0.1, 0.15) is 11.4 Å². The van der Waals surface area contributed by atoms with Gasteiger partial charge in [-0.3, -0.25) is 0 Å². The Morgan fingerprint density at radius 3 is 1.93 bits per heavy atom. The largest absolute Gasteiger partial charge is 0.465 e. The second-order valence-corrected chi connectivity index (χ2v) is 14.4. The monoisotopic (exact) mass is 746 g/mol. The number of methoxy groups -OCH3 is 2. The zero-order valence-electron chi connectivity index (χ0n) is 33.2. The predicted octanol–water partition coefficient (Wildman–Crippen LogP) is 9.66. The minimum absolute atomic E-state index is 0.0359. The number of halogens is 1. The summed E-state index contributed by atoms with van der Waals surface area (Å²) in [7, 11) is 2.34. The fourth-order valence-corrected chi connectivity index (χ4v) is 7.20.